The van der Waals surface area contributed by atoms with E-state index < -0.39 is 0 Å². The highest BCUT2D eigenvalue weighted by atomic mass is 32.1. The Morgan fingerprint density at radius 3 is 2.64 bits per heavy atom. The standard InChI is InChI=1S/C12H13NS/c1-4-9(3)11(5-2)12-7-6-10(14)8-13-12/h4-8,14H,1,3H2,2H3/b11-5+. The van der Waals surface area contributed by atoms with E-state index in [0.717, 1.165) is 21.7 Å². The second-order valence-electron chi connectivity index (χ2n) is 2.83. The van der Waals surface area contributed by atoms with E-state index in [1.165, 1.54) is 0 Å². The fourth-order valence-corrected chi connectivity index (χ4v) is 1.29. The molecule has 0 fully saturated rings. The molecule has 0 aliphatic carbocycles. The highest BCUT2D eigenvalue weighted by molar-refractivity contribution is 7.80. The van der Waals surface area contributed by atoms with Crippen LogP contribution in [-0.4, -0.2) is 4.98 Å². The third-order valence-corrected chi connectivity index (χ3v) is 2.17. The zero-order valence-electron chi connectivity index (χ0n) is 8.20. The maximum atomic E-state index is 4.27. The van der Waals surface area contributed by atoms with Crippen LogP contribution in [0.15, 0.2) is 54.1 Å². The normalized spacial score (nSPS) is 11.1. The predicted molar refractivity (Wildman–Crippen MR) is 64.5 cm³/mol. The molecule has 0 spiro atoms. The molecule has 0 bridgehead atoms. The van der Waals surface area contributed by atoms with Crippen LogP contribution in [0.4, 0.5) is 0 Å². The zero-order chi connectivity index (χ0) is 10.6. The molecule has 1 nitrogen and oxygen atoms in total. The molecule has 0 radical (unpaired) electrons. The fraction of sp³-hybridized carbons (Fsp3) is 0.0833. The molecule has 1 rings (SSSR count). The lowest BCUT2D eigenvalue weighted by Gasteiger charge is -2.05. The van der Waals surface area contributed by atoms with E-state index in [9.17, 15) is 0 Å². The first kappa shape index (κ1) is 10.8. The van der Waals surface area contributed by atoms with Gasteiger partial charge in [-0.25, -0.2) is 0 Å². The van der Waals surface area contributed by atoms with Crippen LogP contribution in [-0.2, 0) is 0 Å². The molecule has 0 aliphatic rings. The van der Waals surface area contributed by atoms with E-state index in [1.807, 2.05) is 25.1 Å². The fourth-order valence-electron chi connectivity index (χ4n) is 1.15. The summed E-state index contributed by atoms with van der Waals surface area (Å²) in [5.41, 5.74) is 2.79. The third-order valence-electron chi connectivity index (χ3n) is 1.90. The van der Waals surface area contributed by atoms with Gasteiger partial charge in [0, 0.05) is 16.7 Å². The Hall–Kier alpha value is -1.28. The Balaban J connectivity index is 3.08. The number of hydrogen-bond acceptors (Lipinski definition) is 2. The molecule has 14 heavy (non-hydrogen) atoms. The van der Waals surface area contributed by atoms with E-state index in [0.29, 0.717) is 0 Å². The van der Waals surface area contributed by atoms with Gasteiger partial charge in [-0.1, -0.05) is 25.3 Å². The summed E-state index contributed by atoms with van der Waals surface area (Å²) in [5.74, 6) is 0. The first-order valence-corrected chi connectivity index (χ1v) is 4.77. The number of nitrogens with zero attached hydrogens (tertiary/aromatic N) is 1. The van der Waals surface area contributed by atoms with Crippen molar-refractivity contribution in [1.29, 1.82) is 0 Å². The minimum atomic E-state index is 0.855. The van der Waals surface area contributed by atoms with E-state index in [4.69, 9.17) is 0 Å². The summed E-state index contributed by atoms with van der Waals surface area (Å²) in [6, 6.07) is 3.83. The second kappa shape index (κ2) is 4.82. The molecular weight excluding hydrogens is 190 g/mol. The van der Waals surface area contributed by atoms with Crippen LogP contribution in [0.2, 0.25) is 0 Å². The number of pyridine rings is 1. The Bertz CT molecular complexity index is 374. The molecule has 0 aromatic carbocycles. The van der Waals surface area contributed by atoms with Crippen LogP contribution < -0.4 is 0 Å². The van der Waals surface area contributed by atoms with Gasteiger partial charge in [-0.3, -0.25) is 4.98 Å². The summed E-state index contributed by atoms with van der Waals surface area (Å²) in [5, 5.41) is 0. The van der Waals surface area contributed by atoms with Gasteiger partial charge in [0.1, 0.15) is 0 Å². The highest BCUT2D eigenvalue weighted by Gasteiger charge is 2.02. The minimum absolute atomic E-state index is 0.855. The van der Waals surface area contributed by atoms with Crippen molar-refractivity contribution in [2.24, 2.45) is 0 Å². The number of rotatable bonds is 3. The molecule has 0 atom stereocenters. The van der Waals surface area contributed by atoms with Crippen molar-refractivity contribution >= 4 is 18.2 Å². The van der Waals surface area contributed by atoms with Gasteiger partial charge in [0.15, 0.2) is 0 Å². The van der Waals surface area contributed by atoms with Gasteiger partial charge in [-0.15, -0.1) is 12.6 Å². The van der Waals surface area contributed by atoms with Crippen LogP contribution in [0.1, 0.15) is 12.6 Å². The van der Waals surface area contributed by atoms with Crippen molar-refractivity contribution < 1.29 is 0 Å². The van der Waals surface area contributed by atoms with Gasteiger partial charge in [0.05, 0.1) is 5.69 Å². The van der Waals surface area contributed by atoms with Gasteiger partial charge in [0.25, 0.3) is 0 Å². The topological polar surface area (TPSA) is 12.9 Å². The summed E-state index contributed by atoms with van der Waals surface area (Å²) in [6.45, 7) is 9.55. The molecule has 0 aliphatic heterocycles. The van der Waals surface area contributed by atoms with Crippen LogP contribution in [0.3, 0.4) is 0 Å². The molecular formula is C12H13NS. The summed E-state index contributed by atoms with van der Waals surface area (Å²) in [7, 11) is 0. The Morgan fingerprint density at radius 2 is 2.21 bits per heavy atom. The zero-order valence-corrected chi connectivity index (χ0v) is 9.09. The lowest BCUT2D eigenvalue weighted by atomic mass is 10.0. The molecule has 0 saturated heterocycles. The Kier molecular flexibility index (Phi) is 3.72. The highest BCUT2D eigenvalue weighted by Crippen LogP contribution is 2.21. The molecule has 0 N–H and O–H groups in total. The summed E-state index contributed by atoms with van der Waals surface area (Å²) in [4.78, 5) is 5.12. The molecule has 1 heterocycles. The average molecular weight is 203 g/mol. The Labute approximate surface area is 90.3 Å². The molecule has 2 heteroatoms. The van der Waals surface area contributed by atoms with E-state index in [-0.39, 0.29) is 0 Å². The molecule has 0 saturated carbocycles. The largest absolute Gasteiger partial charge is 0.255 e. The van der Waals surface area contributed by atoms with Crippen LogP contribution >= 0.6 is 12.6 Å². The van der Waals surface area contributed by atoms with Crippen molar-refractivity contribution in [2.75, 3.05) is 0 Å². The quantitative estimate of drug-likeness (QED) is 0.586. The van der Waals surface area contributed by atoms with Gasteiger partial charge >= 0.3 is 0 Å². The van der Waals surface area contributed by atoms with E-state index >= 15 is 0 Å². The van der Waals surface area contributed by atoms with Gasteiger partial charge in [-0.05, 0) is 24.6 Å². The first-order chi connectivity index (χ1) is 6.69. The van der Waals surface area contributed by atoms with Gasteiger partial charge < -0.3 is 0 Å². The number of allylic oxidation sites excluding steroid dienone is 4. The van der Waals surface area contributed by atoms with Gasteiger partial charge in [0.2, 0.25) is 0 Å². The van der Waals surface area contributed by atoms with Gasteiger partial charge in [-0.2, -0.15) is 0 Å². The van der Waals surface area contributed by atoms with Crippen molar-refractivity contribution in [1.82, 2.24) is 4.98 Å². The van der Waals surface area contributed by atoms with Crippen molar-refractivity contribution in [3.8, 4) is 0 Å². The summed E-state index contributed by atoms with van der Waals surface area (Å²) in [6.07, 6.45) is 5.43. The monoisotopic (exact) mass is 203 g/mol. The number of hydrogen-bond donors (Lipinski definition) is 1. The molecule has 1 aromatic heterocycles. The maximum Gasteiger partial charge on any atom is 0.0705 e. The molecule has 0 unspecified atom stereocenters. The van der Waals surface area contributed by atoms with Crippen LogP contribution in [0.5, 0.6) is 0 Å². The average Bonchev–Trinajstić information content (AvgIpc) is 2.21. The number of aromatic nitrogens is 1. The lowest BCUT2D eigenvalue weighted by molar-refractivity contribution is 1.20. The first-order valence-electron chi connectivity index (χ1n) is 4.32. The minimum Gasteiger partial charge on any atom is -0.255 e. The molecule has 72 valence electrons. The number of thiol groups is 1. The van der Waals surface area contributed by atoms with Crippen molar-refractivity contribution in [2.45, 2.75) is 11.8 Å². The Morgan fingerprint density at radius 1 is 1.50 bits per heavy atom. The lowest BCUT2D eigenvalue weighted by Crippen LogP contribution is -1.89. The van der Waals surface area contributed by atoms with E-state index in [2.05, 4.69) is 30.8 Å². The molecule has 0 amide bonds. The van der Waals surface area contributed by atoms with Crippen molar-refractivity contribution in [3.05, 3.63) is 54.9 Å². The third kappa shape index (κ3) is 2.36. The van der Waals surface area contributed by atoms with E-state index in [1.54, 1.807) is 12.3 Å². The SMILES string of the molecule is C=CC(=C)/C(=C\C)c1ccc(S)cn1. The summed E-state index contributed by atoms with van der Waals surface area (Å²) < 4.78 is 0. The smallest absolute Gasteiger partial charge is 0.0705 e. The van der Waals surface area contributed by atoms with Crippen LogP contribution in [0, 0.1) is 0 Å². The maximum absolute atomic E-state index is 4.27. The predicted octanol–water partition coefficient (Wildman–Crippen LogP) is 3.52. The summed E-state index contributed by atoms with van der Waals surface area (Å²) >= 11 is 4.18. The molecule has 1 aromatic rings. The second-order valence-corrected chi connectivity index (χ2v) is 3.35. The van der Waals surface area contributed by atoms with Crippen LogP contribution in [0.25, 0.3) is 5.57 Å². The van der Waals surface area contributed by atoms with Crippen molar-refractivity contribution in [3.63, 3.8) is 0 Å².